The highest BCUT2D eigenvalue weighted by atomic mass is 16.4. The Morgan fingerprint density at radius 3 is 2.80 bits per heavy atom. The Labute approximate surface area is 118 Å². The summed E-state index contributed by atoms with van der Waals surface area (Å²) in [5.74, 6) is 0.878. The van der Waals surface area contributed by atoms with E-state index in [9.17, 15) is 9.59 Å². The number of hydrogen-bond donors (Lipinski definition) is 1. The number of amides is 2. The van der Waals surface area contributed by atoms with E-state index in [4.69, 9.17) is 4.42 Å². The monoisotopic (exact) mass is 276 g/mol. The van der Waals surface area contributed by atoms with E-state index in [2.05, 4.69) is 5.32 Å². The number of fused-ring (bicyclic) bond motifs is 1. The van der Waals surface area contributed by atoms with Crippen LogP contribution in [0.3, 0.4) is 0 Å². The van der Waals surface area contributed by atoms with E-state index in [1.54, 1.807) is 11.0 Å². The summed E-state index contributed by atoms with van der Waals surface area (Å²) in [5.41, 5.74) is 0.968. The normalized spacial score (nSPS) is 26.1. The van der Waals surface area contributed by atoms with Gasteiger partial charge in [0.05, 0.1) is 6.04 Å². The summed E-state index contributed by atoms with van der Waals surface area (Å²) in [5, 5.41) is 3.01. The molecule has 1 N–H and O–H groups in total. The van der Waals surface area contributed by atoms with Crippen LogP contribution in [0.2, 0.25) is 0 Å². The van der Waals surface area contributed by atoms with E-state index in [-0.39, 0.29) is 30.4 Å². The van der Waals surface area contributed by atoms with Gasteiger partial charge in [0.25, 0.3) is 5.91 Å². The molecule has 1 aliphatic heterocycles. The molecule has 2 fully saturated rings. The van der Waals surface area contributed by atoms with Gasteiger partial charge in [-0.3, -0.25) is 9.59 Å². The highest BCUT2D eigenvalue weighted by molar-refractivity contribution is 5.95. The number of piperazine rings is 1. The lowest BCUT2D eigenvalue weighted by Gasteiger charge is -2.43. The van der Waals surface area contributed by atoms with Crippen LogP contribution in [0.4, 0.5) is 0 Å². The molecule has 5 nitrogen and oxygen atoms in total. The van der Waals surface area contributed by atoms with Crippen molar-refractivity contribution in [3.63, 3.8) is 0 Å². The van der Waals surface area contributed by atoms with E-state index >= 15 is 0 Å². The zero-order chi connectivity index (χ0) is 14.3. The molecule has 20 heavy (non-hydrogen) atoms. The van der Waals surface area contributed by atoms with Crippen LogP contribution in [0.25, 0.3) is 0 Å². The molecule has 108 valence electrons. The first-order chi connectivity index (χ1) is 9.56. The third-order valence-corrected chi connectivity index (χ3v) is 4.43. The average molecular weight is 276 g/mol. The Morgan fingerprint density at radius 1 is 1.35 bits per heavy atom. The molecule has 1 saturated carbocycles. The van der Waals surface area contributed by atoms with E-state index in [1.165, 1.54) is 0 Å². The molecule has 2 heterocycles. The fraction of sp³-hybridized carbons (Fsp3) is 0.600. The van der Waals surface area contributed by atoms with Gasteiger partial charge in [0.1, 0.15) is 12.3 Å². The first kappa shape index (κ1) is 13.2. The second-order valence-corrected chi connectivity index (χ2v) is 5.81. The Kier molecular flexibility index (Phi) is 3.28. The van der Waals surface area contributed by atoms with Crippen molar-refractivity contribution in [2.75, 3.05) is 6.54 Å². The summed E-state index contributed by atoms with van der Waals surface area (Å²) < 4.78 is 5.52. The summed E-state index contributed by atoms with van der Waals surface area (Å²) in [4.78, 5) is 26.1. The van der Waals surface area contributed by atoms with Crippen molar-refractivity contribution < 1.29 is 14.0 Å². The summed E-state index contributed by atoms with van der Waals surface area (Å²) >= 11 is 0. The smallest absolute Gasteiger partial charge is 0.290 e. The van der Waals surface area contributed by atoms with Gasteiger partial charge in [0.15, 0.2) is 5.76 Å². The largest absolute Gasteiger partial charge is 0.456 e. The maximum absolute atomic E-state index is 12.6. The van der Waals surface area contributed by atoms with Gasteiger partial charge in [-0.25, -0.2) is 0 Å². The number of hydrogen-bond acceptors (Lipinski definition) is 3. The standard InChI is InChI=1S/C15H20N2O3/c1-9-7-13(20-10(9)2)15(19)17-8-14(18)16-11-5-3-4-6-12(11)17/h7,11-12H,3-6,8H2,1-2H3,(H,16,18)/t11-,12-/m0/s1. The first-order valence-electron chi connectivity index (χ1n) is 7.23. The average Bonchev–Trinajstić information content (AvgIpc) is 2.77. The molecule has 0 radical (unpaired) electrons. The van der Waals surface area contributed by atoms with Crippen LogP contribution in [0, 0.1) is 13.8 Å². The van der Waals surface area contributed by atoms with Crippen molar-refractivity contribution in [2.24, 2.45) is 0 Å². The van der Waals surface area contributed by atoms with Crippen LogP contribution >= 0.6 is 0 Å². The van der Waals surface area contributed by atoms with E-state index in [1.807, 2.05) is 13.8 Å². The lowest BCUT2D eigenvalue weighted by Crippen LogP contribution is -2.62. The quantitative estimate of drug-likeness (QED) is 0.850. The maximum Gasteiger partial charge on any atom is 0.290 e. The first-order valence-corrected chi connectivity index (χ1v) is 7.23. The van der Waals surface area contributed by atoms with Gasteiger partial charge in [0, 0.05) is 6.04 Å². The van der Waals surface area contributed by atoms with Crippen molar-refractivity contribution in [1.29, 1.82) is 0 Å². The minimum atomic E-state index is -0.159. The van der Waals surface area contributed by atoms with Crippen molar-refractivity contribution >= 4 is 11.8 Å². The highest BCUT2D eigenvalue weighted by Gasteiger charge is 2.39. The zero-order valence-electron chi connectivity index (χ0n) is 11.9. The van der Waals surface area contributed by atoms with Gasteiger partial charge < -0.3 is 14.6 Å². The maximum atomic E-state index is 12.6. The minimum absolute atomic E-state index is 0.0681. The number of aryl methyl sites for hydroxylation is 2. The SMILES string of the molecule is Cc1cc(C(=O)N2CC(=O)N[C@H]3CCCC[C@@H]32)oc1C. The van der Waals surface area contributed by atoms with E-state index in [0.29, 0.717) is 5.76 Å². The minimum Gasteiger partial charge on any atom is -0.456 e. The van der Waals surface area contributed by atoms with E-state index < -0.39 is 0 Å². The van der Waals surface area contributed by atoms with Gasteiger partial charge >= 0.3 is 0 Å². The predicted molar refractivity (Wildman–Crippen MR) is 73.4 cm³/mol. The van der Waals surface area contributed by atoms with Crippen molar-refractivity contribution in [3.05, 3.63) is 23.2 Å². The van der Waals surface area contributed by atoms with Crippen molar-refractivity contribution in [3.8, 4) is 0 Å². The molecule has 5 heteroatoms. The molecule has 1 saturated heterocycles. The van der Waals surface area contributed by atoms with Gasteiger partial charge in [0.2, 0.25) is 5.91 Å². The fourth-order valence-corrected chi connectivity index (χ4v) is 3.22. The zero-order valence-corrected chi connectivity index (χ0v) is 11.9. The van der Waals surface area contributed by atoms with Gasteiger partial charge in [-0.1, -0.05) is 12.8 Å². The topological polar surface area (TPSA) is 62.6 Å². The Hall–Kier alpha value is -1.78. The summed E-state index contributed by atoms with van der Waals surface area (Å²) in [6.07, 6.45) is 4.13. The lowest BCUT2D eigenvalue weighted by molar-refractivity contribution is -0.127. The third kappa shape index (κ3) is 2.21. The van der Waals surface area contributed by atoms with Crippen LogP contribution in [0.15, 0.2) is 10.5 Å². The summed E-state index contributed by atoms with van der Waals surface area (Å²) in [6, 6.07) is 1.98. The van der Waals surface area contributed by atoms with Crippen LogP contribution in [-0.2, 0) is 4.79 Å². The van der Waals surface area contributed by atoms with E-state index in [0.717, 1.165) is 37.0 Å². The predicted octanol–water partition coefficient (Wildman–Crippen LogP) is 1.78. The number of carbonyl (C=O) groups excluding carboxylic acids is 2. The molecule has 0 spiro atoms. The molecule has 0 unspecified atom stereocenters. The second kappa shape index (κ2) is 4.96. The number of furan rings is 1. The molecule has 2 aliphatic rings. The molecule has 0 aromatic carbocycles. The molecule has 2 amide bonds. The number of nitrogens with one attached hydrogen (secondary N) is 1. The van der Waals surface area contributed by atoms with Crippen LogP contribution in [-0.4, -0.2) is 35.3 Å². The molecule has 1 aliphatic carbocycles. The van der Waals surface area contributed by atoms with Gasteiger partial charge in [-0.05, 0) is 38.3 Å². The Bertz CT molecular complexity index is 530. The van der Waals surface area contributed by atoms with Crippen LogP contribution in [0.5, 0.6) is 0 Å². The highest BCUT2D eigenvalue weighted by Crippen LogP contribution is 2.27. The van der Waals surface area contributed by atoms with Crippen molar-refractivity contribution in [1.82, 2.24) is 10.2 Å². The lowest BCUT2D eigenvalue weighted by atomic mass is 9.87. The summed E-state index contributed by atoms with van der Waals surface area (Å²) in [7, 11) is 0. The number of nitrogens with zero attached hydrogens (tertiary/aromatic N) is 1. The number of carbonyl (C=O) groups is 2. The fourth-order valence-electron chi connectivity index (χ4n) is 3.22. The van der Waals surface area contributed by atoms with Crippen molar-refractivity contribution in [2.45, 2.75) is 51.6 Å². The third-order valence-electron chi connectivity index (χ3n) is 4.43. The molecule has 1 aromatic heterocycles. The van der Waals surface area contributed by atoms with Crippen LogP contribution < -0.4 is 5.32 Å². The molecular formula is C15H20N2O3. The van der Waals surface area contributed by atoms with Gasteiger partial charge in [-0.2, -0.15) is 0 Å². The molecule has 3 rings (SSSR count). The molecule has 0 bridgehead atoms. The second-order valence-electron chi connectivity index (χ2n) is 5.81. The summed E-state index contributed by atoms with van der Waals surface area (Å²) in [6.45, 7) is 3.90. The Balaban J connectivity index is 1.86. The van der Waals surface area contributed by atoms with Crippen LogP contribution in [0.1, 0.15) is 47.6 Å². The number of rotatable bonds is 1. The molecule has 2 atom stereocenters. The molecule has 1 aromatic rings. The Morgan fingerprint density at radius 2 is 2.10 bits per heavy atom. The molecular weight excluding hydrogens is 256 g/mol. The van der Waals surface area contributed by atoms with Gasteiger partial charge in [-0.15, -0.1) is 0 Å².